The van der Waals surface area contributed by atoms with Crippen LogP contribution < -0.4 is 10.6 Å². The van der Waals surface area contributed by atoms with E-state index in [1.54, 1.807) is 12.3 Å². The van der Waals surface area contributed by atoms with Crippen molar-refractivity contribution in [3.8, 4) is 0 Å². The lowest BCUT2D eigenvalue weighted by molar-refractivity contribution is -0.389. The average molecular weight is 279 g/mol. The minimum Gasteiger partial charge on any atom is -0.366 e. The van der Waals surface area contributed by atoms with E-state index < -0.39 is 4.92 Å². The van der Waals surface area contributed by atoms with Gasteiger partial charge in [0.1, 0.15) is 0 Å². The maximum atomic E-state index is 10.6. The topological polar surface area (TPSA) is 88.5 Å². The van der Waals surface area contributed by atoms with Crippen LogP contribution in [-0.4, -0.2) is 54.1 Å². The zero-order valence-corrected chi connectivity index (χ0v) is 11.6. The number of nitrogens with two attached hydrogens (primary N) is 1. The zero-order valence-electron chi connectivity index (χ0n) is 11.6. The first kappa shape index (κ1) is 14.7. The van der Waals surface area contributed by atoms with E-state index in [0.717, 1.165) is 57.8 Å². The third-order valence-electron chi connectivity index (χ3n) is 3.59. The van der Waals surface area contributed by atoms with Gasteiger partial charge in [0, 0.05) is 32.2 Å². The summed E-state index contributed by atoms with van der Waals surface area (Å²) in [5.74, 6) is -0.103. The lowest BCUT2D eigenvalue weighted by Gasteiger charge is -2.35. The predicted molar refractivity (Wildman–Crippen MR) is 77.8 cm³/mol. The molecule has 110 valence electrons. The number of unbranched alkanes of at least 4 members (excludes halogenated alkanes) is 1. The van der Waals surface area contributed by atoms with Crippen molar-refractivity contribution in [2.75, 3.05) is 44.2 Å². The molecule has 20 heavy (non-hydrogen) atoms. The maximum Gasteiger partial charge on any atom is 0.363 e. The van der Waals surface area contributed by atoms with Gasteiger partial charge in [-0.2, -0.15) is 0 Å². The second-order valence-electron chi connectivity index (χ2n) is 4.96. The Hall–Kier alpha value is -1.73. The minimum atomic E-state index is -0.473. The molecule has 1 aromatic heterocycles. The number of anilines is 1. The Morgan fingerprint density at radius 2 is 2.00 bits per heavy atom. The van der Waals surface area contributed by atoms with Crippen LogP contribution in [0.1, 0.15) is 12.8 Å². The molecule has 0 atom stereocenters. The van der Waals surface area contributed by atoms with Crippen molar-refractivity contribution in [3.63, 3.8) is 0 Å². The molecule has 1 saturated heterocycles. The lowest BCUT2D eigenvalue weighted by Crippen LogP contribution is -2.46. The van der Waals surface area contributed by atoms with Crippen molar-refractivity contribution in [1.29, 1.82) is 0 Å². The highest BCUT2D eigenvalue weighted by atomic mass is 16.6. The highest BCUT2D eigenvalue weighted by molar-refractivity contribution is 5.46. The summed E-state index contributed by atoms with van der Waals surface area (Å²) in [6, 6.07) is 3.23. The first-order valence-corrected chi connectivity index (χ1v) is 6.98. The van der Waals surface area contributed by atoms with E-state index in [2.05, 4.69) is 14.8 Å². The molecule has 0 amide bonds. The van der Waals surface area contributed by atoms with Crippen LogP contribution in [0.3, 0.4) is 0 Å². The summed E-state index contributed by atoms with van der Waals surface area (Å²) in [5, 5.41) is 10.6. The molecule has 0 spiro atoms. The number of hydrogen-bond acceptors (Lipinski definition) is 6. The molecule has 2 heterocycles. The molecular formula is C13H21N5O2. The maximum absolute atomic E-state index is 10.6. The third-order valence-corrected chi connectivity index (χ3v) is 3.59. The van der Waals surface area contributed by atoms with Gasteiger partial charge in [0.2, 0.25) is 0 Å². The van der Waals surface area contributed by atoms with Crippen molar-refractivity contribution in [2.45, 2.75) is 12.8 Å². The van der Waals surface area contributed by atoms with Crippen LogP contribution in [0.2, 0.25) is 0 Å². The molecule has 0 bridgehead atoms. The minimum absolute atomic E-state index is 0.103. The van der Waals surface area contributed by atoms with E-state index in [-0.39, 0.29) is 5.82 Å². The van der Waals surface area contributed by atoms with Gasteiger partial charge in [0.15, 0.2) is 6.20 Å². The number of pyridine rings is 1. The van der Waals surface area contributed by atoms with Crippen molar-refractivity contribution in [2.24, 2.45) is 5.73 Å². The largest absolute Gasteiger partial charge is 0.366 e. The van der Waals surface area contributed by atoms with Gasteiger partial charge >= 0.3 is 5.82 Å². The number of nitrogens with zero attached hydrogens (tertiary/aromatic N) is 4. The number of rotatable bonds is 6. The van der Waals surface area contributed by atoms with Gasteiger partial charge in [-0.15, -0.1) is 0 Å². The molecule has 1 aliphatic rings. The van der Waals surface area contributed by atoms with Gasteiger partial charge in [-0.25, -0.2) is 0 Å². The van der Waals surface area contributed by atoms with E-state index >= 15 is 0 Å². The number of aromatic nitrogens is 1. The summed E-state index contributed by atoms with van der Waals surface area (Å²) in [6.45, 7) is 5.76. The molecule has 0 radical (unpaired) electrons. The van der Waals surface area contributed by atoms with E-state index in [0.29, 0.717) is 0 Å². The molecule has 1 fully saturated rings. The molecular weight excluding hydrogens is 258 g/mol. The second-order valence-corrected chi connectivity index (χ2v) is 4.96. The predicted octanol–water partition coefficient (Wildman–Crippen LogP) is 0.851. The van der Waals surface area contributed by atoms with Crippen LogP contribution in [0, 0.1) is 10.1 Å². The van der Waals surface area contributed by atoms with Crippen molar-refractivity contribution >= 4 is 11.5 Å². The Labute approximate surface area is 118 Å². The van der Waals surface area contributed by atoms with Gasteiger partial charge in [0.25, 0.3) is 0 Å². The monoisotopic (exact) mass is 279 g/mol. The molecule has 2 N–H and O–H groups in total. The summed E-state index contributed by atoms with van der Waals surface area (Å²) in [4.78, 5) is 18.6. The lowest BCUT2D eigenvalue weighted by atomic mass is 10.2. The van der Waals surface area contributed by atoms with Crippen molar-refractivity contribution in [3.05, 3.63) is 28.4 Å². The Bertz CT molecular complexity index is 429. The Balaban J connectivity index is 1.82. The summed E-state index contributed by atoms with van der Waals surface area (Å²) < 4.78 is 0. The molecule has 7 nitrogen and oxygen atoms in total. The summed E-state index contributed by atoms with van der Waals surface area (Å²) in [7, 11) is 0. The molecule has 0 aliphatic carbocycles. The fourth-order valence-electron chi connectivity index (χ4n) is 2.38. The van der Waals surface area contributed by atoms with Crippen LogP contribution in [0.25, 0.3) is 0 Å². The Morgan fingerprint density at radius 3 is 2.55 bits per heavy atom. The summed E-state index contributed by atoms with van der Waals surface area (Å²) in [5.41, 5.74) is 6.45. The van der Waals surface area contributed by atoms with Gasteiger partial charge in [-0.1, -0.05) is 0 Å². The fourth-order valence-corrected chi connectivity index (χ4v) is 2.38. The van der Waals surface area contributed by atoms with Crippen LogP contribution in [0.5, 0.6) is 0 Å². The van der Waals surface area contributed by atoms with Gasteiger partial charge in [0.05, 0.1) is 5.69 Å². The quantitative estimate of drug-likeness (QED) is 0.472. The van der Waals surface area contributed by atoms with Crippen LogP contribution in [-0.2, 0) is 0 Å². The van der Waals surface area contributed by atoms with Crippen LogP contribution >= 0.6 is 0 Å². The van der Waals surface area contributed by atoms with Crippen LogP contribution in [0.4, 0.5) is 11.5 Å². The number of nitro groups is 1. The summed E-state index contributed by atoms with van der Waals surface area (Å²) in [6.07, 6.45) is 3.81. The normalized spacial score (nSPS) is 16.4. The number of hydrogen-bond donors (Lipinski definition) is 1. The van der Waals surface area contributed by atoms with Crippen molar-refractivity contribution in [1.82, 2.24) is 9.88 Å². The standard InChI is InChI=1S/C13H21N5O2/c14-5-1-2-6-16-7-9-17(10-8-16)12-3-4-13(15-11-12)18(19)20/h3-4,11H,1-2,5-10,14H2. The average Bonchev–Trinajstić information content (AvgIpc) is 2.48. The van der Waals surface area contributed by atoms with Crippen LogP contribution in [0.15, 0.2) is 18.3 Å². The molecule has 0 unspecified atom stereocenters. The van der Waals surface area contributed by atoms with E-state index in [4.69, 9.17) is 5.73 Å². The molecule has 1 aliphatic heterocycles. The first-order chi connectivity index (χ1) is 9.70. The molecule has 0 aromatic carbocycles. The van der Waals surface area contributed by atoms with Gasteiger partial charge in [-0.05, 0) is 41.9 Å². The highest BCUT2D eigenvalue weighted by Gasteiger charge is 2.18. The third kappa shape index (κ3) is 3.88. The highest BCUT2D eigenvalue weighted by Crippen LogP contribution is 2.18. The summed E-state index contributed by atoms with van der Waals surface area (Å²) >= 11 is 0. The molecule has 2 rings (SSSR count). The van der Waals surface area contributed by atoms with Crippen molar-refractivity contribution < 1.29 is 4.92 Å². The van der Waals surface area contributed by atoms with E-state index in [9.17, 15) is 10.1 Å². The van der Waals surface area contributed by atoms with Gasteiger partial charge in [-0.3, -0.25) is 4.90 Å². The van der Waals surface area contributed by atoms with E-state index in [1.165, 1.54) is 6.07 Å². The molecule has 1 aromatic rings. The Morgan fingerprint density at radius 1 is 1.25 bits per heavy atom. The zero-order chi connectivity index (χ0) is 14.4. The van der Waals surface area contributed by atoms with E-state index in [1.807, 2.05) is 0 Å². The fraction of sp³-hybridized carbons (Fsp3) is 0.615. The number of piperazine rings is 1. The van der Waals surface area contributed by atoms with Gasteiger partial charge < -0.3 is 20.7 Å². The SMILES string of the molecule is NCCCCN1CCN(c2ccc([N+](=O)[O-])nc2)CC1. The second kappa shape index (κ2) is 7.16. The Kier molecular flexibility index (Phi) is 5.25. The first-order valence-electron chi connectivity index (χ1n) is 6.98. The molecule has 0 saturated carbocycles. The smallest absolute Gasteiger partial charge is 0.363 e. The molecule has 7 heteroatoms.